The molecule has 2 fully saturated rings. The third kappa shape index (κ3) is 5.18. The molecular weight excluding hydrogens is 501 g/mol. The Balaban J connectivity index is 1.06. The first-order valence-electron chi connectivity index (χ1n) is 13.9. The van der Waals surface area contributed by atoms with Gasteiger partial charge in [-0.05, 0) is 74.3 Å². The van der Waals surface area contributed by atoms with Crippen LogP contribution in [-0.4, -0.2) is 35.2 Å². The first kappa shape index (κ1) is 25.7. The summed E-state index contributed by atoms with van der Waals surface area (Å²) in [5.41, 5.74) is 3.22. The van der Waals surface area contributed by atoms with Gasteiger partial charge in [-0.3, -0.25) is 0 Å². The molecule has 2 heterocycles. The van der Waals surface area contributed by atoms with Gasteiger partial charge in [0.05, 0.1) is 36.1 Å². The van der Waals surface area contributed by atoms with E-state index in [4.69, 9.17) is 0 Å². The first-order chi connectivity index (χ1) is 18.4. The van der Waals surface area contributed by atoms with Crippen LogP contribution in [0.25, 0.3) is 11.3 Å². The van der Waals surface area contributed by atoms with Gasteiger partial charge in [0.15, 0.2) is 0 Å². The SMILES string of the molecule is O=S(=O)(Cc1ccccc1)NC1C2CCCC1CC(CC[C@H](O)C[C@@H]1c3c(F)cccc3-c3cncn31)C2. The molecule has 2 saturated carbocycles. The Labute approximate surface area is 224 Å². The highest BCUT2D eigenvalue weighted by atomic mass is 32.2. The number of fused-ring (bicyclic) bond motifs is 5. The van der Waals surface area contributed by atoms with E-state index >= 15 is 0 Å². The maximum Gasteiger partial charge on any atom is 0.216 e. The minimum atomic E-state index is -3.41. The van der Waals surface area contributed by atoms with Gasteiger partial charge in [0.1, 0.15) is 5.82 Å². The first-order valence-corrected chi connectivity index (χ1v) is 15.6. The fraction of sp³-hybridized carbons (Fsp3) is 0.500. The van der Waals surface area contributed by atoms with Crippen LogP contribution in [0.4, 0.5) is 4.39 Å². The maximum absolute atomic E-state index is 14.8. The molecule has 6 nitrogen and oxygen atoms in total. The zero-order chi connectivity index (χ0) is 26.3. The third-order valence-electron chi connectivity index (χ3n) is 9.02. The molecule has 2 aliphatic carbocycles. The Hall–Kier alpha value is -2.55. The number of hydrogen-bond acceptors (Lipinski definition) is 4. The highest BCUT2D eigenvalue weighted by Gasteiger charge is 2.42. The van der Waals surface area contributed by atoms with Gasteiger partial charge in [-0.15, -0.1) is 0 Å². The molecule has 1 aliphatic heterocycles. The Morgan fingerprint density at radius 1 is 1.08 bits per heavy atom. The number of halogens is 1. The van der Waals surface area contributed by atoms with Gasteiger partial charge in [0.2, 0.25) is 10.0 Å². The molecule has 0 radical (unpaired) electrons. The van der Waals surface area contributed by atoms with E-state index in [1.54, 1.807) is 18.6 Å². The summed E-state index contributed by atoms with van der Waals surface area (Å²) >= 11 is 0. The molecule has 3 aliphatic rings. The number of benzene rings is 2. The van der Waals surface area contributed by atoms with E-state index in [-0.39, 0.29) is 23.7 Å². The lowest BCUT2D eigenvalue weighted by molar-refractivity contribution is 0.0766. The second-order valence-corrected chi connectivity index (χ2v) is 13.3. The van der Waals surface area contributed by atoms with Crippen molar-refractivity contribution < 1.29 is 17.9 Å². The topological polar surface area (TPSA) is 84.2 Å². The summed E-state index contributed by atoms with van der Waals surface area (Å²) < 4.78 is 45.7. The van der Waals surface area contributed by atoms with Gasteiger partial charge in [-0.1, -0.05) is 48.9 Å². The van der Waals surface area contributed by atoms with Crippen molar-refractivity contribution in [1.29, 1.82) is 0 Å². The monoisotopic (exact) mass is 537 g/mol. The zero-order valence-corrected chi connectivity index (χ0v) is 22.4. The smallest absolute Gasteiger partial charge is 0.216 e. The second-order valence-electron chi connectivity index (χ2n) is 11.5. The number of aliphatic hydroxyl groups is 1. The predicted molar refractivity (Wildman–Crippen MR) is 145 cm³/mol. The van der Waals surface area contributed by atoms with Crippen molar-refractivity contribution in [3.8, 4) is 11.3 Å². The molecule has 2 bridgehead atoms. The van der Waals surface area contributed by atoms with Crippen LogP contribution < -0.4 is 4.72 Å². The minimum absolute atomic E-state index is 0.0104. The van der Waals surface area contributed by atoms with Gasteiger partial charge in [-0.25, -0.2) is 22.5 Å². The Morgan fingerprint density at radius 2 is 1.84 bits per heavy atom. The van der Waals surface area contributed by atoms with E-state index in [0.29, 0.717) is 36.2 Å². The average molecular weight is 538 g/mol. The molecule has 0 amide bonds. The normalized spacial score (nSPS) is 27.1. The zero-order valence-electron chi connectivity index (χ0n) is 21.5. The van der Waals surface area contributed by atoms with Gasteiger partial charge in [0.25, 0.3) is 0 Å². The Bertz CT molecular complexity index is 1360. The van der Waals surface area contributed by atoms with Crippen LogP contribution in [0.15, 0.2) is 61.1 Å². The van der Waals surface area contributed by atoms with Gasteiger partial charge < -0.3 is 9.67 Å². The van der Waals surface area contributed by atoms with Crippen molar-refractivity contribution in [2.75, 3.05) is 0 Å². The van der Waals surface area contributed by atoms with Gasteiger partial charge in [-0.2, -0.15) is 0 Å². The van der Waals surface area contributed by atoms with Crippen molar-refractivity contribution in [2.24, 2.45) is 17.8 Å². The Kier molecular flexibility index (Phi) is 7.14. The van der Waals surface area contributed by atoms with Crippen LogP contribution in [0.5, 0.6) is 0 Å². The summed E-state index contributed by atoms with van der Waals surface area (Å²) in [6.45, 7) is 0. The maximum atomic E-state index is 14.8. The molecule has 2 N–H and O–H groups in total. The van der Waals surface area contributed by atoms with Crippen LogP contribution >= 0.6 is 0 Å². The summed E-state index contributed by atoms with van der Waals surface area (Å²) in [4.78, 5) is 4.25. The molecule has 6 rings (SSSR count). The molecule has 0 saturated heterocycles. The molecule has 3 aromatic rings. The summed E-state index contributed by atoms with van der Waals surface area (Å²) in [5, 5.41) is 11.0. The quantitative estimate of drug-likeness (QED) is 0.381. The van der Waals surface area contributed by atoms with E-state index in [9.17, 15) is 17.9 Å². The van der Waals surface area contributed by atoms with E-state index in [0.717, 1.165) is 55.3 Å². The van der Waals surface area contributed by atoms with E-state index in [1.807, 2.05) is 41.0 Å². The van der Waals surface area contributed by atoms with E-state index in [1.165, 1.54) is 6.07 Å². The predicted octanol–water partition coefficient (Wildman–Crippen LogP) is 5.44. The van der Waals surface area contributed by atoms with E-state index in [2.05, 4.69) is 9.71 Å². The fourth-order valence-electron chi connectivity index (χ4n) is 7.37. The molecule has 2 unspecified atom stereocenters. The highest BCUT2D eigenvalue weighted by molar-refractivity contribution is 7.88. The van der Waals surface area contributed by atoms with Crippen molar-refractivity contribution in [2.45, 2.75) is 75.3 Å². The lowest BCUT2D eigenvalue weighted by atomic mass is 9.64. The van der Waals surface area contributed by atoms with Crippen molar-refractivity contribution in [3.05, 3.63) is 78.0 Å². The molecule has 2 aromatic carbocycles. The van der Waals surface area contributed by atoms with Crippen LogP contribution in [0.1, 0.15) is 68.5 Å². The molecule has 38 heavy (non-hydrogen) atoms. The summed E-state index contributed by atoms with van der Waals surface area (Å²) in [7, 11) is -3.41. The van der Waals surface area contributed by atoms with Crippen LogP contribution in [0.2, 0.25) is 0 Å². The molecule has 1 aromatic heterocycles. The van der Waals surface area contributed by atoms with Crippen molar-refractivity contribution in [1.82, 2.24) is 14.3 Å². The molecule has 202 valence electrons. The highest BCUT2D eigenvalue weighted by Crippen LogP contribution is 2.46. The largest absolute Gasteiger partial charge is 0.393 e. The number of hydrogen-bond donors (Lipinski definition) is 2. The standard InChI is InChI=1S/C30H36FN3O3S/c31-26-11-5-10-25-28-17-32-19-34(28)27(29(25)26)16-24(35)13-12-21-14-22-8-4-9-23(15-21)30(22)33-38(36,37)18-20-6-2-1-3-7-20/h1-3,5-7,10-11,17,19,21-24,27,30,33,35H,4,8-9,12-16,18H2/t21?,22?,23?,24-,27+,30?/m0/s1. The number of nitrogens with one attached hydrogen (secondary N) is 1. The average Bonchev–Trinajstić information content (AvgIpc) is 3.46. The number of rotatable bonds is 9. The van der Waals surface area contributed by atoms with Crippen LogP contribution in [0, 0.1) is 23.6 Å². The van der Waals surface area contributed by atoms with Gasteiger partial charge >= 0.3 is 0 Å². The minimum Gasteiger partial charge on any atom is -0.393 e. The number of sulfonamides is 1. The lowest BCUT2D eigenvalue weighted by Crippen LogP contribution is -2.51. The number of nitrogens with zero attached hydrogens (tertiary/aromatic N) is 2. The third-order valence-corrected chi connectivity index (χ3v) is 10.4. The van der Waals surface area contributed by atoms with Gasteiger partial charge in [0, 0.05) is 17.2 Å². The number of aliphatic hydroxyl groups excluding tert-OH is 1. The second kappa shape index (κ2) is 10.5. The van der Waals surface area contributed by atoms with Crippen molar-refractivity contribution in [3.63, 3.8) is 0 Å². The summed E-state index contributed by atoms with van der Waals surface area (Å²) in [6.07, 6.45) is 10.2. The van der Waals surface area contributed by atoms with Crippen LogP contribution in [-0.2, 0) is 15.8 Å². The number of imidazole rings is 1. The Morgan fingerprint density at radius 3 is 2.61 bits per heavy atom. The molecular formula is C30H36FN3O3S. The van der Waals surface area contributed by atoms with Crippen molar-refractivity contribution >= 4 is 10.0 Å². The summed E-state index contributed by atoms with van der Waals surface area (Å²) in [6, 6.07) is 14.2. The van der Waals surface area contributed by atoms with Crippen LogP contribution in [0.3, 0.4) is 0 Å². The molecule has 0 spiro atoms. The molecule has 8 heteroatoms. The van der Waals surface area contributed by atoms with E-state index < -0.39 is 16.1 Å². The fourth-order valence-corrected chi connectivity index (χ4v) is 8.89. The lowest BCUT2D eigenvalue weighted by Gasteiger charge is -2.46. The summed E-state index contributed by atoms with van der Waals surface area (Å²) in [5.74, 6) is 0.956. The molecule has 4 atom stereocenters. The number of aromatic nitrogens is 2.